The van der Waals surface area contributed by atoms with Gasteiger partial charge in [0, 0.05) is 27.8 Å². The highest BCUT2D eigenvalue weighted by atomic mass is 35.5. The molecule has 0 saturated carbocycles. The fourth-order valence-electron chi connectivity index (χ4n) is 2.16. The van der Waals surface area contributed by atoms with Crippen LogP contribution in [0.3, 0.4) is 0 Å². The third-order valence-electron chi connectivity index (χ3n) is 3.31. The van der Waals surface area contributed by atoms with Gasteiger partial charge in [0.15, 0.2) is 0 Å². The number of fused-ring (bicyclic) bond motifs is 1. The zero-order chi connectivity index (χ0) is 15.9. The van der Waals surface area contributed by atoms with E-state index in [0.29, 0.717) is 16.3 Å². The number of rotatable bonds is 3. The van der Waals surface area contributed by atoms with Crippen LogP contribution in [0.25, 0.3) is 10.9 Å². The Hall–Kier alpha value is -1.69. The number of H-pyrrole nitrogens is 1. The molecule has 0 aliphatic carbocycles. The number of aromatic nitrogens is 1. The van der Waals surface area contributed by atoms with Crippen molar-refractivity contribution in [2.75, 3.05) is 4.72 Å². The van der Waals surface area contributed by atoms with E-state index >= 15 is 0 Å². The molecule has 0 fully saturated rings. The SMILES string of the molecule is Cc1cc(S(=O)(=O)Nc2ccc3[nH]ccc3c2)c(Cl)cc1Cl. The summed E-state index contributed by atoms with van der Waals surface area (Å²) in [7, 11) is -3.79. The van der Waals surface area contributed by atoms with Gasteiger partial charge in [0.2, 0.25) is 0 Å². The average molecular weight is 355 g/mol. The summed E-state index contributed by atoms with van der Waals surface area (Å²) < 4.78 is 27.6. The van der Waals surface area contributed by atoms with Crippen LogP contribution in [-0.2, 0) is 10.0 Å². The lowest BCUT2D eigenvalue weighted by Gasteiger charge is -2.11. The zero-order valence-electron chi connectivity index (χ0n) is 11.5. The molecule has 114 valence electrons. The van der Waals surface area contributed by atoms with Gasteiger partial charge in [-0.15, -0.1) is 0 Å². The number of aromatic amines is 1. The number of hydrogen-bond donors (Lipinski definition) is 2. The normalized spacial score (nSPS) is 11.8. The molecule has 1 heterocycles. The predicted octanol–water partition coefficient (Wildman–Crippen LogP) is 4.58. The second-order valence-corrected chi connectivity index (χ2v) is 7.38. The molecule has 0 amide bonds. The average Bonchev–Trinajstić information content (AvgIpc) is 2.89. The predicted molar refractivity (Wildman–Crippen MR) is 90.3 cm³/mol. The Morgan fingerprint density at radius 3 is 2.59 bits per heavy atom. The molecule has 1 aromatic heterocycles. The highest BCUT2D eigenvalue weighted by molar-refractivity contribution is 7.92. The van der Waals surface area contributed by atoms with Crippen LogP contribution in [0.2, 0.25) is 10.0 Å². The van der Waals surface area contributed by atoms with Crippen molar-refractivity contribution in [2.45, 2.75) is 11.8 Å². The van der Waals surface area contributed by atoms with Crippen LogP contribution < -0.4 is 4.72 Å². The third-order valence-corrected chi connectivity index (χ3v) is 5.56. The van der Waals surface area contributed by atoms with Crippen LogP contribution in [0.1, 0.15) is 5.56 Å². The Labute approximate surface area is 138 Å². The van der Waals surface area contributed by atoms with Gasteiger partial charge in [-0.1, -0.05) is 23.2 Å². The molecule has 0 spiro atoms. The topological polar surface area (TPSA) is 62.0 Å². The summed E-state index contributed by atoms with van der Waals surface area (Å²) in [5.74, 6) is 0. The van der Waals surface area contributed by atoms with Crippen LogP contribution in [0, 0.1) is 6.92 Å². The summed E-state index contributed by atoms with van der Waals surface area (Å²) in [5.41, 5.74) is 2.05. The lowest BCUT2D eigenvalue weighted by atomic mass is 10.2. The minimum Gasteiger partial charge on any atom is -0.361 e. The second-order valence-electron chi connectivity index (χ2n) is 4.92. The second kappa shape index (κ2) is 5.50. The van der Waals surface area contributed by atoms with Gasteiger partial charge < -0.3 is 4.98 Å². The van der Waals surface area contributed by atoms with E-state index in [-0.39, 0.29) is 9.92 Å². The van der Waals surface area contributed by atoms with Gasteiger partial charge in [0.1, 0.15) is 4.90 Å². The molecule has 0 bridgehead atoms. The maximum Gasteiger partial charge on any atom is 0.263 e. The monoisotopic (exact) mass is 354 g/mol. The van der Waals surface area contributed by atoms with Gasteiger partial charge in [-0.3, -0.25) is 4.72 Å². The largest absolute Gasteiger partial charge is 0.361 e. The van der Waals surface area contributed by atoms with Crippen molar-refractivity contribution in [3.8, 4) is 0 Å². The lowest BCUT2D eigenvalue weighted by molar-refractivity contribution is 0.601. The lowest BCUT2D eigenvalue weighted by Crippen LogP contribution is -2.13. The minimum absolute atomic E-state index is 0.00484. The first kappa shape index (κ1) is 15.2. The van der Waals surface area contributed by atoms with E-state index in [1.54, 1.807) is 25.3 Å². The molecule has 3 aromatic rings. The smallest absolute Gasteiger partial charge is 0.263 e. The number of sulfonamides is 1. The van der Waals surface area contributed by atoms with E-state index in [0.717, 1.165) is 10.9 Å². The van der Waals surface area contributed by atoms with Crippen molar-refractivity contribution in [2.24, 2.45) is 0 Å². The molecule has 0 atom stereocenters. The minimum atomic E-state index is -3.79. The fraction of sp³-hybridized carbons (Fsp3) is 0.0667. The van der Waals surface area contributed by atoms with Crippen molar-refractivity contribution < 1.29 is 8.42 Å². The first-order valence-electron chi connectivity index (χ1n) is 6.42. The molecule has 0 unspecified atom stereocenters. The molecule has 0 saturated heterocycles. The van der Waals surface area contributed by atoms with E-state index in [2.05, 4.69) is 9.71 Å². The molecule has 2 aromatic carbocycles. The molecule has 22 heavy (non-hydrogen) atoms. The summed E-state index contributed by atoms with van der Waals surface area (Å²) in [6, 6.07) is 10.0. The van der Waals surface area contributed by atoms with Crippen LogP contribution in [0.5, 0.6) is 0 Å². The standard InChI is InChI=1S/C15H12Cl2N2O2S/c1-9-6-15(13(17)8-12(9)16)22(20,21)19-11-2-3-14-10(7-11)4-5-18-14/h2-8,18-19H,1H3. The van der Waals surface area contributed by atoms with Crippen molar-refractivity contribution in [3.05, 3.63) is 58.2 Å². The maximum absolute atomic E-state index is 12.5. The van der Waals surface area contributed by atoms with Crippen LogP contribution in [0.15, 0.2) is 47.5 Å². The molecule has 4 nitrogen and oxygen atoms in total. The Morgan fingerprint density at radius 1 is 1.05 bits per heavy atom. The van der Waals surface area contributed by atoms with Crippen molar-refractivity contribution in [3.63, 3.8) is 0 Å². The Bertz CT molecular complexity index is 965. The summed E-state index contributed by atoms with van der Waals surface area (Å²) in [4.78, 5) is 3.06. The third kappa shape index (κ3) is 2.79. The maximum atomic E-state index is 12.5. The summed E-state index contributed by atoms with van der Waals surface area (Å²) >= 11 is 12.0. The molecule has 0 aliphatic rings. The van der Waals surface area contributed by atoms with Gasteiger partial charge >= 0.3 is 0 Å². The first-order chi connectivity index (χ1) is 10.4. The van der Waals surface area contributed by atoms with Gasteiger partial charge in [-0.2, -0.15) is 0 Å². The highest BCUT2D eigenvalue weighted by Crippen LogP contribution is 2.30. The van der Waals surface area contributed by atoms with Crippen molar-refractivity contribution in [1.82, 2.24) is 4.98 Å². The molecular formula is C15H12Cl2N2O2S. The molecule has 0 aliphatic heterocycles. The van der Waals surface area contributed by atoms with Gasteiger partial charge in [0.05, 0.1) is 5.02 Å². The number of benzene rings is 2. The molecular weight excluding hydrogens is 343 g/mol. The first-order valence-corrected chi connectivity index (χ1v) is 8.66. The van der Waals surface area contributed by atoms with Crippen LogP contribution in [-0.4, -0.2) is 13.4 Å². The van der Waals surface area contributed by atoms with Gasteiger partial charge in [0.25, 0.3) is 10.0 Å². The van der Waals surface area contributed by atoms with E-state index in [9.17, 15) is 8.42 Å². The van der Waals surface area contributed by atoms with E-state index < -0.39 is 10.0 Å². The highest BCUT2D eigenvalue weighted by Gasteiger charge is 2.19. The fourth-order valence-corrected chi connectivity index (χ4v) is 4.05. The summed E-state index contributed by atoms with van der Waals surface area (Å²) in [6.07, 6.45) is 1.79. The van der Waals surface area contributed by atoms with Gasteiger partial charge in [-0.05, 0) is 48.9 Å². The van der Waals surface area contributed by atoms with E-state index in [4.69, 9.17) is 23.2 Å². The molecule has 3 rings (SSSR count). The Morgan fingerprint density at radius 2 is 1.82 bits per heavy atom. The van der Waals surface area contributed by atoms with Gasteiger partial charge in [-0.25, -0.2) is 8.42 Å². The molecule has 0 radical (unpaired) electrons. The number of halogens is 2. The van der Waals surface area contributed by atoms with E-state index in [1.165, 1.54) is 12.1 Å². The number of nitrogens with one attached hydrogen (secondary N) is 2. The molecule has 2 N–H and O–H groups in total. The summed E-state index contributed by atoms with van der Waals surface area (Å²) in [5, 5.41) is 1.43. The molecule has 7 heteroatoms. The number of anilines is 1. The Balaban J connectivity index is 2.01. The van der Waals surface area contributed by atoms with Crippen LogP contribution in [0.4, 0.5) is 5.69 Å². The number of aryl methyl sites for hydroxylation is 1. The number of hydrogen-bond acceptors (Lipinski definition) is 2. The quantitative estimate of drug-likeness (QED) is 0.722. The zero-order valence-corrected chi connectivity index (χ0v) is 13.9. The van der Waals surface area contributed by atoms with Crippen LogP contribution >= 0.6 is 23.2 Å². The summed E-state index contributed by atoms with van der Waals surface area (Å²) in [6.45, 7) is 1.73. The van der Waals surface area contributed by atoms with E-state index in [1.807, 2.05) is 12.1 Å². The van der Waals surface area contributed by atoms with Crippen molar-refractivity contribution >= 4 is 49.8 Å². The van der Waals surface area contributed by atoms with Crippen molar-refractivity contribution in [1.29, 1.82) is 0 Å². The Kier molecular flexibility index (Phi) is 3.80.